The molecule has 2 atom stereocenters. The topological polar surface area (TPSA) is 105 Å². The summed E-state index contributed by atoms with van der Waals surface area (Å²) < 4.78 is 5.70. The van der Waals surface area contributed by atoms with E-state index in [1.54, 1.807) is 13.8 Å². The van der Waals surface area contributed by atoms with Crippen LogP contribution in [0.5, 0.6) is 5.75 Å². The molecule has 0 saturated heterocycles. The Balaban J connectivity index is 0.00000220. The number of aliphatic hydroxyl groups is 2. The van der Waals surface area contributed by atoms with Gasteiger partial charge in [0.2, 0.25) is 0 Å². The van der Waals surface area contributed by atoms with Crippen LogP contribution in [0.4, 0.5) is 5.69 Å². The molecule has 118 valence electrons. The summed E-state index contributed by atoms with van der Waals surface area (Å²) >= 11 is 0. The molecule has 1 aromatic rings. The predicted molar refractivity (Wildman–Crippen MR) is 78.9 cm³/mol. The Hall–Kier alpha value is -1.41. The van der Waals surface area contributed by atoms with Crippen LogP contribution < -0.4 is 10.1 Å². The molecule has 1 aliphatic heterocycles. The molecule has 0 amide bonds. The summed E-state index contributed by atoms with van der Waals surface area (Å²) in [6, 6.07) is 3.77. The zero-order valence-electron chi connectivity index (χ0n) is 11.8. The number of ether oxygens (including phenoxy) is 1. The predicted octanol–water partition coefficient (Wildman–Crippen LogP) is 1.17. The highest BCUT2D eigenvalue weighted by Gasteiger charge is 2.43. The third-order valence-electron chi connectivity index (χ3n) is 3.42. The van der Waals surface area contributed by atoms with Crippen molar-refractivity contribution < 1.29 is 19.9 Å². The highest BCUT2D eigenvalue weighted by atomic mass is 35.5. The number of hydrogen-bond acceptors (Lipinski definition) is 6. The molecule has 1 aliphatic rings. The molecular formula is C13H19ClN2O5. The molecule has 1 heterocycles. The van der Waals surface area contributed by atoms with Gasteiger partial charge in [0.1, 0.15) is 17.5 Å². The van der Waals surface area contributed by atoms with Crippen molar-refractivity contribution in [2.75, 3.05) is 13.2 Å². The van der Waals surface area contributed by atoms with E-state index < -0.39 is 22.7 Å². The van der Waals surface area contributed by atoms with Gasteiger partial charge in [-0.3, -0.25) is 10.1 Å². The summed E-state index contributed by atoms with van der Waals surface area (Å²) in [4.78, 5) is 10.4. The first-order chi connectivity index (χ1) is 9.36. The van der Waals surface area contributed by atoms with Crippen LogP contribution in [-0.2, 0) is 0 Å². The molecule has 8 heteroatoms. The molecule has 0 unspecified atom stereocenters. The van der Waals surface area contributed by atoms with Crippen LogP contribution in [-0.4, -0.2) is 40.0 Å². The maximum atomic E-state index is 10.9. The van der Waals surface area contributed by atoms with E-state index in [9.17, 15) is 15.2 Å². The van der Waals surface area contributed by atoms with Gasteiger partial charge in [0, 0.05) is 24.2 Å². The first-order valence-electron chi connectivity index (χ1n) is 6.36. The molecule has 3 N–H and O–H groups in total. The van der Waals surface area contributed by atoms with E-state index in [-0.39, 0.29) is 31.2 Å². The molecule has 0 saturated carbocycles. The number of nitrogens with one attached hydrogen (secondary N) is 1. The fourth-order valence-electron chi connectivity index (χ4n) is 2.34. The third-order valence-corrected chi connectivity index (χ3v) is 3.42. The Morgan fingerprint density at radius 2 is 2.14 bits per heavy atom. The molecule has 1 aromatic carbocycles. The smallest absolute Gasteiger partial charge is 0.270 e. The second-order valence-electron chi connectivity index (χ2n) is 5.28. The lowest BCUT2D eigenvalue weighted by atomic mass is 9.86. The van der Waals surface area contributed by atoms with Gasteiger partial charge in [0.05, 0.1) is 17.6 Å². The van der Waals surface area contributed by atoms with Crippen LogP contribution >= 0.6 is 12.4 Å². The summed E-state index contributed by atoms with van der Waals surface area (Å²) in [6.07, 6.45) is -0.886. The fraction of sp³-hybridized carbons (Fsp3) is 0.538. The highest BCUT2D eigenvalue weighted by molar-refractivity contribution is 5.85. The molecule has 0 bridgehead atoms. The molecule has 0 spiro atoms. The van der Waals surface area contributed by atoms with Gasteiger partial charge in [-0.05, 0) is 19.9 Å². The van der Waals surface area contributed by atoms with Crippen LogP contribution in [0.3, 0.4) is 0 Å². The van der Waals surface area contributed by atoms with Crippen LogP contribution in [0.25, 0.3) is 0 Å². The minimum Gasteiger partial charge on any atom is -0.485 e. The van der Waals surface area contributed by atoms with Crippen LogP contribution in [0.1, 0.15) is 25.5 Å². The van der Waals surface area contributed by atoms with Gasteiger partial charge in [-0.1, -0.05) is 0 Å². The number of fused-ring (bicyclic) bond motifs is 1. The van der Waals surface area contributed by atoms with Crippen molar-refractivity contribution >= 4 is 18.1 Å². The van der Waals surface area contributed by atoms with E-state index in [4.69, 9.17) is 9.84 Å². The van der Waals surface area contributed by atoms with E-state index in [1.807, 2.05) is 0 Å². The average Bonchev–Trinajstić information content (AvgIpc) is 2.38. The van der Waals surface area contributed by atoms with Crippen molar-refractivity contribution in [3.05, 3.63) is 33.9 Å². The number of nitro groups is 1. The number of rotatable bonds is 4. The molecule has 21 heavy (non-hydrogen) atoms. The minimum absolute atomic E-state index is 0. The number of benzene rings is 1. The van der Waals surface area contributed by atoms with Crippen LogP contribution in [0, 0.1) is 10.1 Å². The SMILES string of the molecule is CC1(C)Oc2ccc([N+](=O)[O-])cc2[C@@H](NCCO)[C@@H]1O.Cl. The molecule has 0 fully saturated rings. The first kappa shape index (κ1) is 17.6. The Kier molecular flexibility index (Phi) is 5.52. The number of halogens is 1. The quantitative estimate of drug-likeness (QED) is 0.568. The molecule has 7 nitrogen and oxygen atoms in total. The van der Waals surface area contributed by atoms with Crippen molar-refractivity contribution in [3.8, 4) is 5.75 Å². The van der Waals surface area contributed by atoms with Gasteiger partial charge in [-0.2, -0.15) is 0 Å². The van der Waals surface area contributed by atoms with E-state index >= 15 is 0 Å². The number of aliphatic hydroxyl groups excluding tert-OH is 2. The van der Waals surface area contributed by atoms with Crippen molar-refractivity contribution in [2.24, 2.45) is 0 Å². The maximum absolute atomic E-state index is 10.9. The van der Waals surface area contributed by atoms with E-state index in [0.717, 1.165) is 0 Å². The molecule has 0 aromatic heterocycles. The number of non-ortho nitro benzene ring substituents is 1. The standard InChI is InChI=1S/C13H18N2O5.ClH/c1-13(2)12(17)11(14-5-6-16)9-7-8(15(18)19)3-4-10(9)20-13;/h3-4,7,11-12,14,16-17H,5-6H2,1-2H3;1H/t11-,12+;/m1./s1. The lowest BCUT2D eigenvalue weighted by Crippen LogP contribution is -2.52. The van der Waals surface area contributed by atoms with Gasteiger partial charge in [-0.15, -0.1) is 12.4 Å². The first-order valence-corrected chi connectivity index (χ1v) is 6.36. The zero-order valence-corrected chi connectivity index (χ0v) is 12.6. The Bertz CT molecular complexity index is 523. The van der Waals surface area contributed by atoms with Gasteiger partial charge in [0.25, 0.3) is 5.69 Å². The second-order valence-corrected chi connectivity index (χ2v) is 5.28. The highest BCUT2D eigenvalue weighted by Crippen LogP contribution is 2.41. The minimum atomic E-state index is -0.886. The van der Waals surface area contributed by atoms with Crippen molar-refractivity contribution in [2.45, 2.75) is 31.6 Å². The molecule has 0 radical (unpaired) electrons. The number of hydrogen-bond donors (Lipinski definition) is 3. The van der Waals surface area contributed by atoms with Gasteiger partial charge in [-0.25, -0.2) is 0 Å². The summed E-state index contributed by atoms with van der Waals surface area (Å²) in [7, 11) is 0. The van der Waals surface area contributed by atoms with Crippen LogP contribution in [0.15, 0.2) is 18.2 Å². The lowest BCUT2D eigenvalue weighted by Gasteiger charge is -2.42. The summed E-state index contributed by atoms with van der Waals surface area (Å²) in [5.41, 5.74) is -0.356. The van der Waals surface area contributed by atoms with Gasteiger partial charge < -0.3 is 20.3 Å². The normalized spacial score (nSPS) is 22.7. The van der Waals surface area contributed by atoms with Crippen molar-refractivity contribution in [3.63, 3.8) is 0 Å². The van der Waals surface area contributed by atoms with Gasteiger partial charge >= 0.3 is 0 Å². The zero-order chi connectivity index (χ0) is 14.9. The van der Waals surface area contributed by atoms with Gasteiger partial charge in [0.15, 0.2) is 0 Å². The summed E-state index contributed by atoms with van der Waals surface area (Å²) in [5, 5.41) is 33.1. The van der Waals surface area contributed by atoms with E-state index in [2.05, 4.69) is 5.32 Å². The van der Waals surface area contributed by atoms with E-state index in [1.165, 1.54) is 18.2 Å². The summed E-state index contributed by atoms with van der Waals surface area (Å²) in [5.74, 6) is 0.501. The third kappa shape index (κ3) is 3.44. The monoisotopic (exact) mass is 318 g/mol. The Labute approximate surface area is 128 Å². The van der Waals surface area contributed by atoms with Crippen LogP contribution in [0.2, 0.25) is 0 Å². The number of nitrogens with zero attached hydrogens (tertiary/aromatic N) is 1. The maximum Gasteiger partial charge on any atom is 0.270 e. The summed E-state index contributed by atoms with van der Waals surface area (Å²) in [6.45, 7) is 3.68. The Morgan fingerprint density at radius 3 is 2.71 bits per heavy atom. The Morgan fingerprint density at radius 1 is 1.48 bits per heavy atom. The van der Waals surface area contributed by atoms with Crippen molar-refractivity contribution in [1.29, 1.82) is 0 Å². The fourth-order valence-corrected chi connectivity index (χ4v) is 2.34. The molecular weight excluding hydrogens is 300 g/mol. The van der Waals surface area contributed by atoms with E-state index in [0.29, 0.717) is 11.3 Å². The largest absolute Gasteiger partial charge is 0.485 e. The number of nitro benzene ring substituents is 1. The second kappa shape index (κ2) is 6.57. The average molecular weight is 319 g/mol. The lowest BCUT2D eigenvalue weighted by molar-refractivity contribution is -0.385. The molecule has 0 aliphatic carbocycles. The van der Waals surface area contributed by atoms with Crippen molar-refractivity contribution in [1.82, 2.24) is 5.32 Å². The molecule has 2 rings (SSSR count).